The Balaban J connectivity index is 1.18. The van der Waals surface area contributed by atoms with Gasteiger partial charge in [0, 0.05) is 45.6 Å². The molecule has 4 heterocycles. The van der Waals surface area contributed by atoms with E-state index in [0.29, 0.717) is 23.3 Å². The lowest BCUT2D eigenvalue weighted by Crippen LogP contribution is -2.00. The van der Waals surface area contributed by atoms with Crippen LogP contribution in [0.4, 0.5) is 0 Å². The van der Waals surface area contributed by atoms with Crippen molar-refractivity contribution in [2.75, 3.05) is 0 Å². The van der Waals surface area contributed by atoms with Gasteiger partial charge in [0.1, 0.15) is 4.83 Å². The average Bonchev–Trinajstić information content (AvgIpc) is 3.46. The van der Waals surface area contributed by atoms with E-state index in [2.05, 4.69) is 35.3 Å². The molecule has 202 valence electrons. The minimum atomic E-state index is 0.627. The molecule has 7 heteroatoms. The maximum absolute atomic E-state index is 4.93. The number of hydrogen-bond donors (Lipinski definition) is 0. The molecule has 0 bridgehead atoms. The van der Waals surface area contributed by atoms with Crippen molar-refractivity contribution >= 4 is 31.8 Å². The lowest BCUT2D eigenvalue weighted by atomic mass is 10.0. The molecule has 6 nitrogen and oxygen atoms in total. The minimum absolute atomic E-state index is 0.627. The number of benzene rings is 4. The molecule has 0 saturated carbocycles. The van der Waals surface area contributed by atoms with Crippen molar-refractivity contribution in [1.29, 1.82) is 0 Å². The van der Waals surface area contributed by atoms with Gasteiger partial charge < -0.3 is 0 Å². The zero-order valence-electron chi connectivity index (χ0n) is 22.8. The van der Waals surface area contributed by atoms with Crippen molar-refractivity contribution in [3.8, 4) is 56.7 Å². The van der Waals surface area contributed by atoms with Crippen LogP contribution >= 0.6 is 11.3 Å². The summed E-state index contributed by atoms with van der Waals surface area (Å²) in [6.07, 6.45) is 3.82. The standard InChI is InChI=1S/C36H22N6S/c1-4-10-24(11-5-1)32-37-22-30-31(39-32)29-20-28(21-38-36(29)43-30)23-16-18-27(19-17-23)35-41-33(25-12-6-2-7-13-25)40-34(42-35)26-14-8-3-9-15-26/h1-22H. The Hall–Kier alpha value is -5.66. The molecule has 0 fully saturated rings. The van der Waals surface area contributed by atoms with Crippen LogP contribution in [0.3, 0.4) is 0 Å². The van der Waals surface area contributed by atoms with E-state index in [9.17, 15) is 0 Å². The molecule has 0 N–H and O–H groups in total. The summed E-state index contributed by atoms with van der Waals surface area (Å²) in [4.78, 5) is 29.8. The van der Waals surface area contributed by atoms with Crippen LogP contribution in [0, 0.1) is 0 Å². The van der Waals surface area contributed by atoms with Crippen LogP contribution in [0.15, 0.2) is 134 Å². The molecule has 0 atom stereocenters. The van der Waals surface area contributed by atoms with Crippen LogP contribution in [0.2, 0.25) is 0 Å². The van der Waals surface area contributed by atoms with Crippen molar-refractivity contribution in [2.24, 2.45) is 0 Å². The number of nitrogens with zero attached hydrogens (tertiary/aromatic N) is 6. The monoisotopic (exact) mass is 570 g/mol. The molecule has 0 saturated heterocycles. The first kappa shape index (κ1) is 25.1. The van der Waals surface area contributed by atoms with Crippen molar-refractivity contribution in [1.82, 2.24) is 29.9 Å². The molecule has 43 heavy (non-hydrogen) atoms. The van der Waals surface area contributed by atoms with Crippen LogP contribution in [0.1, 0.15) is 0 Å². The zero-order chi connectivity index (χ0) is 28.6. The van der Waals surface area contributed by atoms with E-state index in [1.54, 1.807) is 11.3 Å². The quantitative estimate of drug-likeness (QED) is 0.206. The molecular formula is C36H22N6S. The lowest BCUT2D eigenvalue weighted by Gasteiger charge is -2.09. The van der Waals surface area contributed by atoms with Crippen LogP contribution < -0.4 is 0 Å². The Labute approximate surface area is 251 Å². The summed E-state index contributed by atoms with van der Waals surface area (Å²) in [7, 11) is 0. The van der Waals surface area contributed by atoms with Crippen molar-refractivity contribution < 1.29 is 0 Å². The first-order valence-corrected chi connectivity index (χ1v) is 14.7. The fourth-order valence-electron chi connectivity index (χ4n) is 5.08. The van der Waals surface area contributed by atoms with Gasteiger partial charge in [0.15, 0.2) is 23.3 Å². The third-order valence-electron chi connectivity index (χ3n) is 7.28. The fourth-order valence-corrected chi connectivity index (χ4v) is 6.02. The lowest BCUT2D eigenvalue weighted by molar-refractivity contribution is 1.07. The Morgan fingerprint density at radius 3 is 1.44 bits per heavy atom. The maximum atomic E-state index is 4.93. The fraction of sp³-hybridized carbons (Fsp3) is 0. The number of fused-ring (bicyclic) bond motifs is 3. The van der Waals surface area contributed by atoms with Crippen LogP contribution in [0.5, 0.6) is 0 Å². The van der Waals surface area contributed by atoms with E-state index in [1.165, 1.54) is 0 Å². The first-order valence-electron chi connectivity index (χ1n) is 13.9. The van der Waals surface area contributed by atoms with Crippen LogP contribution in [-0.2, 0) is 0 Å². The van der Waals surface area contributed by atoms with Gasteiger partial charge in [-0.2, -0.15) is 0 Å². The Bertz CT molecular complexity index is 2160. The number of hydrogen-bond acceptors (Lipinski definition) is 7. The molecule has 0 radical (unpaired) electrons. The normalized spacial score (nSPS) is 11.3. The summed E-state index contributed by atoms with van der Waals surface area (Å²) < 4.78 is 1.02. The molecular weight excluding hydrogens is 549 g/mol. The molecule has 0 aliphatic carbocycles. The van der Waals surface area contributed by atoms with Crippen LogP contribution in [-0.4, -0.2) is 29.9 Å². The largest absolute Gasteiger partial charge is 0.245 e. The molecule has 0 spiro atoms. The second-order valence-electron chi connectivity index (χ2n) is 10.1. The van der Waals surface area contributed by atoms with Gasteiger partial charge in [-0.15, -0.1) is 11.3 Å². The molecule has 8 rings (SSSR count). The minimum Gasteiger partial charge on any atom is -0.245 e. The van der Waals surface area contributed by atoms with E-state index in [-0.39, 0.29) is 0 Å². The highest BCUT2D eigenvalue weighted by molar-refractivity contribution is 7.25. The zero-order valence-corrected chi connectivity index (χ0v) is 23.6. The molecule has 4 aromatic carbocycles. The summed E-state index contributed by atoms with van der Waals surface area (Å²) in [5.74, 6) is 2.63. The SMILES string of the molecule is c1ccc(-c2nc(-c3ccccc3)nc(-c3ccc(-c4cnc5sc6cnc(-c7ccccc7)nc6c5c4)cc3)n2)cc1. The number of thiophene rings is 1. The van der Waals surface area contributed by atoms with Gasteiger partial charge in [-0.3, -0.25) is 0 Å². The molecule has 4 aromatic heterocycles. The highest BCUT2D eigenvalue weighted by Gasteiger charge is 2.14. The molecule has 0 amide bonds. The first-order chi connectivity index (χ1) is 21.3. The third-order valence-corrected chi connectivity index (χ3v) is 8.31. The van der Waals surface area contributed by atoms with Crippen molar-refractivity contribution in [3.63, 3.8) is 0 Å². The maximum Gasteiger partial charge on any atom is 0.164 e. The van der Waals surface area contributed by atoms with Gasteiger partial charge in [-0.05, 0) is 11.6 Å². The third kappa shape index (κ3) is 4.81. The average molecular weight is 571 g/mol. The number of rotatable bonds is 5. The van der Waals surface area contributed by atoms with E-state index in [0.717, 1.165) is 53.8 Å². The second-order valence-corrected chi connectivity index (χ2v) is 11.1. The van der Waals surface area contributed by atoms with E-state index in [1.807, 2.05) is 103 Å². The Kier molecular flexibility index (Phi) is 6.20. The molecule has 0 aliphatic heterocycles. The van der Waals surface area contributed by atoms with Crippen LogP contribution in [0.25, 0.3) is 77.1 Å². The molecule has 8 aromatic rings. The van der Waals surface area contributed by atoms with Gasteiger partial charge in [0.05, 0.1) is 10.2 Å². The summed E-state index contributed by atoms with van der Waals surface area (Å²) >= 11 is 1.61. The van der Waals surface area contributed by atoms with Gasteiger partial charge in [0.2, 0.25) is 0 Å². The summed E-state index contributed by atoms with van der Waals surface area (Å²) in [5.41, 5.74) is 6.79. The Morgan fingerprint density at radius 1 is 0.395 bits per heavy atom. The predicted molar refractivity (Wildman–Crippen MR) is 173 cm³/mol. The summed E-state index contributed by atoms with van der Waals surface area (Å²) in [6, 6.07) is 40.5. The molecule has 0 aliphatic rings. The highest BCUT2D eigenvalue weighted by Crippen LogP contribution is 2.35. The van der Waals surface area contributed by atoms with E-state index >= 15 is 0 Å². The predicted octanol–water partition coefficient (Wildman–Crippen LogP) is 8.76. The van der Waals surface area contributed by atoms with Gasteiger partial charge in [-0.25, -0.2) is 29.9 Å². The summed E-state index contributed by atoms with van der Waals surface area (Å²) in [5, 5.41) is 1.03. The smallest absolute Gasteiger partial charge is 0.164 e. The van der Waals surface area contributed by atoms with E-state index in [4.69, 9.17) is 24.9 Å². The Morgan fingerprint density at radius 2 is 0.884 bits per heavy atom. The van der Waals surface area contributed by atoms with Crippen molar-refractivity contribution in [2.45, 2.75) is 0 Å². The number of pyridine rings is 1. The number of aromatic nitrogens is 6. The van der Waals surface area contributed by atoms with Gasteiger partial charge in [-0.1, -0.05) is 115 Å². The van der Waals surface area contributed by atoms with Gasteiger partial charge >= 0.3 is 0 Å². The highest BCUT2D eigenvalue weighted by atomic mass is 32.1. The van der Waals surface area contributed by atoms with Gasteiger partial charge in [0.25, 0.3) is 0 Å². The second kappa shape index (κ2) is 10.6. The van der Waals surface area contributed by atoms with E-state index < -0.39 is 0 Å². The topological polar surface area (TPSA) is 77.3 Å². The molecule has 0 unspecified atom stereocenters. The van der Waals surface area contributed by atoms with Crippen molar-refractivity contribution in [3.05, 3.63) is 134 Å². The summed E-state index contributed by atoms with van der Waals surface area (Å²) in [6.45, 7) is 0.